The zero-order valence-electron chi connectivity index (χ0n) is 14.7. The van der Waals surface area contributed by atoms with Crippen molar-refractivity contribution in [2.24, 2.45) is 0 Å². The predicted octanol–water partition coefficient (Wildman–Crippen LogP) is 5.20. The topological polar surface area (TPSA) is 50.7 Å². The summed E-state index contributed by atoms with van der Waals surface area (Å²) in [5, 5.41) is 13.6. The lowest BCUT2D eigenvalue weighted by molar-refractivity contribution is 0.238. The Morgan fingerprint density at radius 1 is 1.15 bits per heavy atom. The van der Waals surface area contributed by atoms with Gasteiger partial charge in [-0.15, -0.1) is 0 Å². The van der Waals surface area contributed by atoms with Crippen molar-refractivity contribution < 1.29 is 14.6 Å². The number of rotatable bonds is 9. The molecular weight excluding hydrogens is 441 g/mol. The number of ether oxygens (including phenoxy) is 2. The van der Waals surface area contributed by atoms with Gasteiger partial charge in [-0.25, -0.2) is 0 Å². The number of nitrogens with one attached hydrogen (secondary N) is 1. The molecule has 4 nitrogen and oxygen atoms in total. The monoisotopic (exact) mass is 461 g/mol. The number of halogens is 3. The molecule has 0 aliphatic heterocycles. The molecule has 1 atom stereocenters. The largest absolute Gasteiger partial charge is 0.493 e. The molecule has 0 aromatic heterocycles. The Morgan fingerprint density at radius 3 is 2.54 bits per heavy atom. The first-order valence-electron chi connectivity index (χ1n) is 8.25. The van der Waals surface area contributed by atoms with Gasteiger partial charge in [0.15, 0.2) is 11.5 Å². The maximum atomic E-state index is 9.30. The van der Waals surface area contributed by atoms with Gasteiger partial charge in [-0.1, -0.05) is 52.1 Å². The molecule has 2 N–H and O–H groups in total. The van der Waals surface area contributed by atoms with Crippen LogP contribution in [-0.4, -0.2) is 24.9 Å². The summed E-state index contributed by atoms with van der Waals surface area (Å²) >= 11 is 15.6. The van der Waals surface area contributed by atoms with Gasteiger partial charge in [0.1, 0.15) is 6.61 Å². The highest BCUT2D eigenvalue weighted by Gasteiger charge is 2.12. The Kier molecular flexibility index (Phi) is 8.51. The Bertz CT molecular complexity index is 739. The van der Waals surface area contributed by atoms with Crippen molar-refractivity contribution in [1.82, 2.24) is 5.32 Å². The fourth-order valence-electron chi connectivity index (χ4n) is 2.37. The molecule has 0 aliphatic carbocycles. The zero-order valence-corrected chi connectivity index (χ0v) is 17.8. The third-order valence-electron chi connectivity index (χ3n) is 4.01. The van der Waals surface area contributed by atoms with E-state index in [2.05, 4.69) is 21.2 Å². The highest BCUT2D eigenvalue weighted by molar-refractivity contribution is 9.10. The van der Waals surface area contributed by atoms with Crippen LogP contribution in [0.25, 0.3) is 0 Å². The van der Waals surface area contributed by atoms with Gasteiger partial charge in [0.05, 0.1) is 23.8 Å². The number of methoxy groups -OCH3 is 1. The summed E-state index contributed by atoms with van der Waals surface area (Å²) in [5.74, 6) is 1.27. The molecule has 1 unspecified atom stereocenters. The summed E-state index contributed by atoms with van der Waals surface area (Å²) in [6.07, 6.45) is 0.857. The number of aliphatic hydroxyl groups excluding tert-OH is 1. The lowest BCUT2D eigenvalue weighted by Gasteiger charge is -2.17. The van der Waals surface area contributed by atoms with Crippen LogP contribution in [0, 0.1) is 0 Å². The third-order valence-corrected chi connectivity index (χ3v) is 5.48. The maximum Gasteiger partial charge on any atom is 0.162 e. The Labute approximate surface area is 172 Å². The van der Waals surface area contributed by atoms with Crippen LogP contribution in [0.15, 0.2) is 34.8 Å². The van der Waals surface area contributed by atoms with E-state index in [9.17, 15) is 5.11 Å². The fourth-order valence-corrected chi connectivity index (χ4v) is 3.15. The second-order valence-electron chi connectivity index (χ2n) is 5.80. The number of aliphatic hydroxyl groups is 1. The summed E-state index contributed by atoms with van der Waals surface area (Å²) < 4.78 is 12.3. The second-order valence-corrected chi connectivity index (χ2v) is 7.47. The van der Waals surface area contributed by atoms with Gasteiger partial charge in [-0.3, -0.25) is 0 Å². The molecule has 0 spiro atoms. The molecule has 0 saturated carbocycles. The molecule has 26 heavy (non-hydrogen) atoms. The molecule has 0 aliphatic rings. The minimum Gasteiger partial charge on any atom is -0.493 e. The summed E-state index contributed by atoms with van der Waals surface area (Å²) in [6, 6.07) is 9.27. The van der Waals surface area contributed by atoms with Crippen molar-refractivity contribution in [3.05, 3.63) is 56.0 Å². The maximum absolute atomic E-state index is 9.30. The van der Waals surface area contributed by atoms with Crippen molar-refractivity contribution in [1.29, 1.82) is 0 Å². The molecule has 2 aromatic rings. The summed E-state index contributed by atoms with van der Waals surface area (Å²) in [6.45, 7) is 3.10. The Hall–Kier alpha value is -0.980. The van der Waals surface area contributed by atoms with Gasteiger partial charge in [0.25, 0.3) is 0 Å². The molecule has 0 amide bonds. The average molecular weight is 463 g/mol. The van der Waals surface area contributed by atoms with Crippen LogP contribution >= 0.6 is 39.1 Å². The van der Waals surface area contributed by atoms with Crippen LogP contribution in [0.3, 0.4) is 0 Å². The lowest BCUT2D eigenvalue weighted by atomic mass is 10.1. The van der Waals surface area contributed by atoms with Crippen LogP contribution in [0.2, 0.25) is 10.0 Å². The molecule has 2 aromatic carbocycles. The zero-order chi connectivity index (χ0) is 19.1. The predicted molar refractivity (Wildman–Crippen MR) is 109 cm³/mol. The lowest BCUT2D eigenvalue weighted by Crippen LogP contribution is -2.31. The second kappa shape index (κ2) is 10.4. The highest BCUT2D eigenvalue weighted by atomic mass is 79.9. The number of hydrogen-bond donors (Lipinski definition) is 2. The van der Waals surface area contributed by atoms with Crippen molar-refractivity contribution in [2.75, 3.05) is 13.7 Å². The third kappa shape index (κ3) is 5.76. The van der Waals surface area contributed by atoms with E-state index in [1.807, 2.05) is 25.1 Å². The van der Waals surface area contributed by atoms with Gasteiger partial charge in [0, 0.05) is 17.1 Å². The molecular formula is C19H22BrCl2NO3. The quantitative estimate of drug-likeness (QED) is 0.537. The first kappa shape index (κ1) is 21.3. The average Bonchev–Trinajstić information content (AvgIpc) is 2.64. The highest BCUT2D eigenvalue weighted by Crippen LogP contribution is 2.34. The van der Waals surface area contributed by atoms with E-state index in [1.165, 1.54) is 0 Å². The van der Waals surface area contributed by atoms with Gasteiger partial charge >= 0.3 is 0 Å². The van der Waals surface area contributed by atoms with Crippen LogP contribution in [0.1, 0.15) is 24.5 Å². The first-order chi connectivity index (χ1) is 12.5. The minimum absolute atomic E-state index is 0.0680. The summed E-state index contributed by atoms with van der Waals surface area (Å²) in [7, 11) is 1.61. The van der Waals surface area contributed by atoms with E-state index in [-0.39, 0.29) is 12.6 Å². The minimum atomic E-state index is 0.0680. The van der Waals surface area contributed by atoms with Crippen LogP contribution in [0.4, 0.5) is 0 Å². The van der Waals surface area contributed by atoms with Crippen molar-refractivity contribution in [3.63, 3.8) is 0 Å². The van der Waals surface area contributed by atoms with Gasteiger partial charge < -0.3 is 19.9 Å². The molecule has 0 saturated heterocycles. The Balaban J connectivity index is 2.11. The van der Waals surface area contributed by atoms with Crippen LogP contribution in [0.5, 0.6) is 11.5 Å². The van der Waals surface area contributed by atoms with Crippen LogP contribution < -0.4 is 14.8 Å². The SMILES string of the molecule is CCC(CO)NCc1cc(OC)c(OCc2ccc(Cl)c(Cl)c2)cc1Br. The molecule has 2 rings (SSSR count). The molecule has 0 heterocycles. The van der Waals surface area contributed by atoms with Gasteiger partial charge in [-0.2, -0.15) is 0 Å². The van der Waals surface area contributed by atoms with E-state index >= 15 is 0 Å². The van der Waals surface area contributed by atoms with Gasteiger partial charge in [0.2, 0.25) is 0 Å². The van der Waals surface area contributed by atoms with Crippen molar-refractivity contribution in [3.8, 4) is 11.5 Å². The summed E-state index contributed by atoms with van der Waals surface area (Å²) in [4.78, 5) is 0. The van der Waals surface area contributed by atoms with E-state index in [1.54, 1.807) is 19.2 Å². The van der Waals surface area contributed by atoms with E-state index in [4.69, 9.17) is 32.7 Å². The van der Waals surface area contributed by atoms with Gasteiger partial charge in [-0.05, 0) is 41.8 Å². The van der Waals surface area contributed by atoms with Crippen LogP contribution in [-0.2, 0) is 13.2 Å². The molecule has 0 radical (unpaired) electrons. The molecule has 0 fully saturated rings. The normalized spacial score (nSPS) is 12.1. The van der Waals surface area contributed by atoms with E-state index in [0.29, 0.717) is 34.7 Å². The Morgan fingerprint density at radius 2 is 1.92 bits per heavy atom. The van der Waals surface area contributed by atoms with Crippen molar-refractivity contribution in [2.45, 2.75) is 32.5 Å². The number of hydrogen-bond acceptors (Lipinski definition) is 4. The number of benzene rings is 2. The summed E-state index contributed by atoms with van der Waals surface area (Å²) in [5.41, 5.74) is 1.94. The smallest absolute Gasteiger partial charge is 0.162 e. The first-order valence-corrected chi connectivity index (χ1v) is 9.80. The standard InChI is InChI=1S/C19H22BrCl2NO3/c1-3-14(10-24)23-9-13-7-18(25-2)19(8-15(13)20)26-11-12-4-5-16(21)17(22)6-12/h4-8,14,23-24H,3,9-11H2,1-2H3. The van der Waals surface area contributed by atoms with E-state index in [0.717, 1.165) is 22.0 Å². The van der Waals surface area contributed by atoms with E-state index < -0.39 is 0 Å². The van der Waals surface area contributed by atoms with Crippen molar-refractivity contribution >= 4 is 39.1 Å². The fraction of sp³-hybridized carbons (Fsp3) is 0.368. The molecule has 0 bridgehead atoms. The molecule has 142 valence electrons. The molecule has 7 heteroatoms.